The first-order valence-electron chi connectivity index (χ1n) is 10.3. The Morgan fingerprint density at radius 2 is 1.97 bits per heavy atom. The van der Waals surface area contributed by atoms with Crippen LogP contribution in [0.3, 0.4) is 0 Å². The van der Waals surface area contributed by atoms with Crippen LogP contribution in [-0.2, 0) is 23.2 Å². The first-order chi connectivity index (χ1) is 13.5. The van der Waals surface area contributed by atoms with Crippen molar-refractivity contribution in [2.75, 3.05) is 5.32 Å². The maximum absolute atomic E-state index is 12.5. The molecule has 2 heterocycles. The molecule has 0 aliphatic rings. The average molecular weight is 397 g/mol. The molecule has 6 heteroatoms. The number of aromatic nitrogens is 3. The summed E-state index contributed by atoms with van der Waals surface area (Å²) >= 11 is 0. The molecule has 6 nitrogen and oxygen atoms in total. The van der Waals surface area contributed by atoms with E-state index in [4.69, 9.17) is 4.42 Å². The lowest BCUT2D eigenvalue weighted by molar-refractivity contribution is -0.116. The standard InChI is InChI=1S/C23H32N4O2/c1-14(2)13-27-16(4)18(15(3)26-27)9-11-21(28)24-17-8-10-20-19(12-17)25-22(29-20)23(5,6)7/h8,10,12,14H,9,11,13H2,1-7H3,(H,24,28). The fraction of sp³-hybridized carbons (Fsp3) is 0.522. The highest BCUT2D eigenvalue weighted by atomic mass is 16.3. The van der Waals surface area contributed by atoms with E-state index < -0.39 is 0 Å². The molecule has 2 aromatic heterocycles. The van der Waals surface area contributed by atoms with E-state index in [1.54, 1.807) is 0 Å². The van der Waals surface area contributed by atoms with E-state index >= 15 is 0 Å². The van der Waals surface area contributed by atoms with Crippen molar-refractivity contribution < 1.29 is 9.21 Å². The fourth-order valence-electron chi connectivity index (χ4n) is 3.41. The number of hydrogen-bond donors (Lipinski definition) is 1. The maximum Gasteiger partial charge on any atom is 0.224 e. The number of carbonyl (C=O) groups is 1. The van der Waals surface area contributed by atoms with Gasteiger partial charge in [-0.1, -0.05) is 34.6 Å². The Morgan fingerprint density at radius 1 is 1.24 bits per heavy atom. The van der Waals surface area contributed by atoms with Gasteiger partial charge in [0.2, 0.25) is 11.8 Å². The molecule has 3 aromatic rings. The zero-order valence-corrected chi connectivity index (χ0v) is 18.6. The number of oxazole rings is 1. The molecule has 0 aliphatic heterocycles. The summed E-state index contributed by atoms with van der Waals surface area (Å²) in [6.45, 7) is 15.5. The second-order valence-corrected chi connectivity index (χ2v) is 9.23. The summed E-state index contributed by atoms with van der Waals surface area (Å²) in [5.74, 6) is 1.22. The number of benzene rings is 1. The molecule has 0 fully saturated rings. The Bertz CT molecular complexity index is 1020. The number of nitrogens with zero attached hydrogens (tertiary/aromatic N) is 3. The second-order valence-electron chi connectivity index (χ2n) is 9.23. The molecular formula is C23H32N4O2. The molecule has 3 rings (SSSR count). The van der Waals surface area contributed by atoms with Crippen molar-refractivity contribution in [1.82, 2.24) is 14.8 Å². The third kappa shape index (κ3) is 4.86. The largest absolute Gasteiger partial charge is 0.440 e. The van der Waals surface area contributed by atoms with Crippen molar-refractivity contribution >= 4 is 22.7 Å². The van der Waals surface area contributed by atoms with Gasteiger partial charge in [0.15, 0.2) is 5.58 Å². The van der Waals surface area contributed by atoms with Crippen molar-refractivity contribution in [3.8, 4) is 0 Å². The van der Waals surface area contributed by atoms with Crippen molar-refractivity contribution in [2.45, 2.75) is 73.3 Å². The van der Waals surface area contributed by atoms with Crippen molar-refractivity contribution in [1.29, 1.82) is 0 Å². The van der Waals surface area contributed by atoms with Crippen molar-refractivity contribution in [3.63, 3.8) is 0 Å². The number of anilines is 1. The zero-order chi connectivity index (χ0) is 21.3. The molecule has 1 N–H and O–H groups in total. The normalized spacial score (nSPS) is 12.1. The lowest BCUT2D eigenvalue weighted by atomic mass is 9.97. The highest BCUT2D eigenvalue weighted by molar-refractivity contribution is 5.92. The molecular weight excluding hydrogens is 364 g/mol. The van der Waals surface area contributed by atoms with Crippen LogP contribution < -0.4 is 5.32 Å². The summed E-state index contributed by atoms with van der Waals surface area (Å²) < 4.78 is 7.87. The van der Waals surface area contributed by atoms with Crippen LogP contribution in [-0.4, -0.2) is 20.7 Å². The minimum Gasteiger partial charge on any atom is -0.440 e. The van der Waals surface area contributed by atoms with E-state index in [1.807, 2.05) is 25.1 Å². The molecule has 29 heavy (non-hydrogen) atoms. The van der Waals surface area contributed by atoms with Crippen molar-refractivity contribution in [3.05, 3.63) is 41.0 Å². The summed E-state index contributed by atoms with van der Waals surface area (Å²) in [4.78, 5) is 17.1. The molecule has 0 radical (unpaired) electrons. The SMILES string of the molecule is Cc1nn(CC(C)C)c(C)c1CCC(=O)Nc1ccc2oc(C(C)(C)C)nc2c1. The highest BCUT2D eigenvalue weighted by Gasteiger charge is 2.21. The van der Waals surface area contributed by atoms with Crippen LogP contribution in [0.5, 0.6) is 0 Å². The topological polar surface area (TPSA) is 73.0 Å². The Labute approximate surface area is 172 Å². The van der Waals surface area contributed by atoms with Gasteiger partial charge >= 0.3 is 0 Å². The number of hydrogen-bond acceptors (Lipinski definition) is 4. The molecule has 156 valence electrons. The third-order valence-corrected chi connectivity index (χ3v) is 4.98. The molecule has 1 amide bonds. The number of carbonyl (C=O) groups excluding carboxylic acids is 1. The van der Waals surface area contributed by atoms with Crippen LogP contribution in [0.15, 0.2) is 22.6 Å². The van der Waals surface area contributed by atoms with Crippen LogP contribution in [0.25, 0.3) is 11.1 Å². The fourth-order valence-corrected chi connectivity index (χ4v) is 3.41. The summed E-state index contributed by atoms with van der Waals surface area (Å²) in [5, 5.41) is 7.62. The van der Waals surface area contributed by atoms with E-state index in [0.29, 0.717) is 24.7 Å². The Hall–Kier alpha value is -2.63. The molecule has 0 atom stereocenters. The third-order valence-electron chi connectivity index (χ3n) is 4.98. The smallest absolute Gasteiger partial charge is 0.224 e. The van der Waals surface area contributed by atoms with E-state index in [9.17, 15) is 4.79 Å². The van der Waals surface area contributed by atoms with Gasteiger partial charge in [-0.05, 0) is 49.9 Å². The number of aryl methyl sites for hydroxylation is 1. The average Bonchev–Trinajstić information content (AvgIpc) is 3.14. The summed E-state index contributed by atoms with van der Waals surface area (Å²) in [6.07, 6.45) is 1.10. The van der Waals surface area contributed by atoms with E-state index in [2.05, 4.69) is 61.6 Å². The minimum atomic E-state index is -0.155. The van der Waals surface area contributed by atoms with Gasteiger partial charge in [0.25, 0.3) is 0 Å². The summed E-state index contributed by atoms with van der Waals surface area (Å²) in [5.41, 5.74) is 5.41. The molecule has 0 bridgehead atoms. The number of nitrogens with one attached hydrogen (secondary N) is 1. The van der Waals surface area contributed by atoms with Crippen LogP contribution in [0.4, 0.5) is 5.69 Å². The van der Waals surface area contributed by atoms with Gasteiger partial charge in [-0.2, -0.15) is 5.10 Å². The van der Waals surface area contributed by atoms with Crippen LogP contribution in [0, 0.1) is 19.8 Å². The van der Waals surface area contributed by atoms with Gasteiger partial charge in [0, 0.05) is 29.8 Å². The highest BCUT2D eigenvalue weighted by Crippen LogP contribution is 2.27. The number of amides is 1. The zero-order valence-electron chi connectivity index (χ0n) is 18.6. The molecule has 0 saturated carbocycles. The minimum absolute atomic E-state index is 0.0145. The molecule has 0 aliphatic carbocycles. The van der Waals surface area contributed by atoms with Crippen LogP contribution >= 0.6 is 0 Å². The predicted molar refractivity (Wildman–Crippen MR) is 116 cm³/mol. The Morgan fingerprint density at radius 3 is 2.62 bits per heavy atom. The second kappa shape index (κ2) is 8.01. The molecule has 0 unspecified atom stereocenters. The van der Waals surface area contributed by atoms with E-state index in [-0.39, 0.29) is 11.3 Å². The van der Waals surface area contributed by atoms with Gasteiger partial charge < -0.3 is 9.73 Å². The first kappa shape index (κ1) is 21.1. The molecule has 0 spiro atoms. The van der Waals surface area contributed by atoms with E-state index in [0.717, 1.165) is 34.7 Å². The quantitative estimate of drug-likeness (QED) is 0.624. The monoisotopic (exact) mass is 396 g/mol. The maximum atomic E-state index is 12.5. The molecule has 1 aromatic carbocycles. The van der Waals surface area contributed by atoms with Gasteiger partial charge in [-0.15, -0.1) is 0 Å². The number of fused-ring (bicyclic) bond motifs is 1. The van der Waals surface area contributed by atoms with Crippen LogP contribution in [0.1, 0.15) is 63.9 Å². The van der Waals surface area contributed by atoms with Gasteiger partial charge in [0.1, 0.15) is 5.52 Å². The Kier molecular flexibility index (Phi) is 5.82. The number of rotatable bonds is 6. The lowest BCUT2D eigenvalue weighted by Crippen LogP contribution is -2.13. The van der Waals surface area contributed by atoms with Crippen molar-refractivity contribution in [2.24, 2.45) is 5.92 Å². The predicted octanol–water partition coefficient (Wildman–Crippen LogP) is 5.17. The first-order valence-corrected chi connectivity index (χ1v) is 10.3. The summed E-state index contributed by atoms with van der Waals surface area (Å²) in [6, 6.07) is 5.58. The van der Waals surface area contributed by atoms with Gasteiger partial charge in [-0.3, -0.25) is 9.48 Å². The van der Waals surface area contributed by atoms with Gasteiger partial charge in [-0.25, -0.2) is 4.98 Å². The van der Waals surface area contributed by atoms with Crippen LogP contribution in [0.2, 0.25) is 0 Å². The summed E-state index contributed by atoms with van der Waals surface area (Å²) in [7, 11) is 0. The van der Waals surface area contributed by atoms with E-state index in [1.165, 1.54) is 5.56 Å². The molecule has 0 saturated heterocycles. The van der Waals surface area contributed by atoms with Gasteiger partial charge in [0.05, 0.1) is 5.69 Å². The Balaban J connectivity index is 1.66. The lowest BCUT2D eigenvalue weighted by Gasteiger charge is -2.11.